The number of aromatic nitrogens is 2. The van der Waals surface area contributed by atoms with Crippen molar-refractivity contribution in [3.05, 3.63) is 83.7 Å². The summed E-state index contributed by atoms with van der Waals surface area (Å²) in [6.07, 6.45) is 1.94. The Bertz CT molecular complexity index is 741. The van der Waals surface area contributed by atoms with E-state index in [9.17, 15) is 5.11 Å². The molecule has 3 rings (SSSR count). The molecule has 0 saturated carbocycles. The minimum absolute atomic E-state index is 0.0327. The molecule has 0 fully saturated rings. The summed E-state index contributed by atoms with van der Waals surface area (Å²) in [4.78, 5) is 4.57. The predicted octanol–water partition coefficient (Wildman–Crippen LogP) is 4.28. The normalized spacial score (nSPS) is 12.3. The van der Waals surface area contributed by atoms with Crippen molar-refractivity contribution in [3.63, 3.8) is 0 Å². The summed E-state index contributed by atoms with van der Waals surface area (Å²) in [6.45, 7) is 2.91. The van der Waals surface area contributed by atoms with Crippen molar-refractivity contribution in [3.8, 4) is 0 Å². The lowest BCUT2D eigenvalue weighted by molar-refractivity contribution is 0.277. The maximum atomic E-state index is 9.41. The molecule has 0 aliphatic rings. The van der Waals surface area contributed by atoms with Gasteiger partial charge in [0, 0.05) is 18.0 Å². The van der Waals surface area contributed by atoms with E-state index in [-0.39, 0.29) is 6.61 Å². The fourth-order valence-electron chi connectivity index (χ4n) is 2.46. The highest BCUT2D eigenvalue weighted by Crippen LogP contribution is 2.34. The van der Waals surface area contributed by atoms with Crippen molar-refractivity contribution in [2.75, 3.05) is 0 Å². The smallest absolute Gasteiger partial charge is 0.169 e. The van der Waals surface area contributed by atoms with E-state index in [0.717, 1.165) is 11.7 Å². The zero-order valence-electron chi connectivity index (χ0n) is 13.1. The van der Waals surface area contributed by atoms with Gasteiger partial charge in [-0.2, -0.15) is 0 Å². The van der Waals surface area contributed by atoms with Crippen molar-refractivity contribution in [1.29, 1.82) is 0 Å². The molecule has 0 aliphatic heterocycles. The van der Waals surface area contributed by atoms with Gasteiger partial charge in [0.25, 0.3) is 0 Å². The highest BCUT2D eigenvalue weighted by atomic mass is 32.2. The maximum Gasteiger partial charge on any atom is 0.169 e. The minimum atomic E-state index is -0.0327. The molecule has 1 atom stereocenters. The van der Waals surface area contributed by atoms with Crippen molar-refractivity contribution >= 4 is 11.8 Å². The number of benzene rings is 2. The van der Waals surface area contributed by atoms with Gasteiger partial charge in [0.15, 0.2) is 5.16 Å². The minimum Gasteiger partial charge on any atom is -0.390 e. The zero-order chi connectivity index (χ0) is 16.1. The maximum absolute atomic E-state index is 9.41. The molecule has 1 aromatic heterocycles. The van der Waals surface area contributed by atoms with Crippen LogP contribution in [0.3, 0.4) is 0 Å². The Morgan fingerprint density at radius 1 is 1.04 bits per heavy atom. The molecule has 0 saturated heterocycles. The molecule has 1 heterocycles. The van der Waals surface area contributed by atoms with Gasteiger partial charge in [-0.3, -0.25) is 0 Å². The van der Waals surface area contributed by atoms with Gasteiger partial charge < -0.3 is 9.67 Å². The number of aliphatic hydroxyl groups excluding tert-OH is 1. The fraction of sp³-hybridized carbons (Fsp3) is 0.211. The molecule has 3 aromatic rings. The Morgan fingerprint density at radius 3 is 2.35 bits per heavy atom. The fourth-order valence-corrected chi connectivity index (χ4v) is 3.50. The van der Waals surface area contributed by atoms with Crippen LogP contribution in [0.1, 0.15) is 29.0 Å². The van der Waals surface area contributed by atoms with Gasteiger partial charge in [-0.05, 0) is 18.1 Å². The summed E-state index contributed by atoms with van der Waals surface area (Å²) in [5.41, 5.74) is 3.21. The quantitative estimate of drug-likeness (QED) is 0.688. The van der Waals surface area contributed by atoms with Crippen LogP contribution < -0.4 is 0 Å². The van der Waals surface area contributed by atoms with Gasteiger partial charge in [0.2, 0.25) is 0 Å². The van der Waals surface area contributed by atoms with E-state index in [0.29, 0.717) is 10.9 Å². The molecule has 2 aromatic carbocycles. The molecule has 0 unspecified atom stereocenters. The van der Waals surface area contributed by atoms with Gasteiger partial charge in [0.1, 0.15) is 0 Å². The molecule has 0 aliphatic carbocycles. The lowest BCUT2D eigenvalue weighted by Crippen LogP contribution is -2.01. The molecule has 0 spiro atoms. The van der Waals surface area contributed by atoms with Crippen LogP contribution in [0.5, 0.6) is 0 Å². The summed E-state index contributed by atoms with van der Waals surface area (Å²) >= 11 is 1.72. The number of nitrogens with zero attached hydrogens (tertiary/aromatic N) is 2. The van der Waals surface area contributed by atoms with Gasteiger partial charge in [-0.15, -0.1) is 0 Å². The molecule has 23 heavy (non-hydrogen) atoms. The van der Waals surface area contributed by atoms with E-state index in [4.69, 9.17) is 0 Å². The number of hydrogen-bond donors (Lipinski definition) is 1. The zero-order valence-corrected chi connectivity index (χ0v) is 13.9. The van der Waals surface area contributed by atoms with Gasteiger partial charge in [0.05, 0.1) is 12.3 Å². The lowest BCUT2D eigenvalue weighted by Gasteiger charge is -2.13. The second kappa shape index (κ2) is 7.49. The van der Waals surface area contributed by atoms with Crippen LogP contribution in [0.4, 0.5) is 0 Å². The molecule has 4 heteroatoms. The van der Waals surface area contributed by atoms with E-state index >= 15 is 0 Å². The van der Waals surface area contributed by atoms with Crippen LogP contribution >= 0.6 is 11.8 Å². The van der Waals surface area contributed by atoms with Crippen molar-refractivity contribution < 1.29 is 5.11 Å². The SMILES string of the molecule is C[C@H](Sc1nc(CO)cn1Cc1ccccc1)c1ccccc1. The number of hydrogen-bond acceptors (Lipinski definition) is 3. The standard InChI is InChI=1S/C19H20N2OS/c1-15(17-10-6-3-7-11-17)23-19-20-18(14-22)13-21(19)12-16-8-4-2-5-9-16/h2-11,13,15,22H,12,14H2,1H3/t15-/m0/s1. The van der Waals surface area contributed by atoms with E-state index in [1.54, 1.807) is 11.8 Å². The van der Waals surface area contributed by atoms with E-state index < -0.39 is 0 Å². The van der Waals surface area contributed by atoms with E-state index in [1.165, 1.54) is 11.1 Å². The Hall–Kier alpha value is -2.04. The highest BCUT2D eigenvalue weighted by Gasteiger charge is 2.14. The Labute approximate surface area is 141 Å². The molecule has 3 nitrogen and oxygen atoms in total. The summed E-state index contributed by atoms with van der Waals surface area (Å²) in [5.74, 6) is 0. The Kier molecular flexibility index (Phi) is 5.16. The summed E-state index contributed by atoms with van der Waals surface area (Å²) in [7, 11) is 0. The van der Waals surface area contributed by atoms with Gasteiger partial charge in [-0.25, -0.2) is 4.98 Å². The summed E-state index contributed by atoms with van der Waals surface area (Å²) in [6, 6.07) is 20.7. The van der Waals surface area contributed by atoms with Crippen LogP contribution in [-0.2, 0) is 13.2 Å². The van der Waals surface area contributed by atoms with Crippen molar-refractivity contribution in [2.24, 2.45) is 0 Å². The molecule has 118 valence electrons. The van der Waals surface area contributed by atoms with Gasteiger partial charge in [-0.1, -0.05) is 72.4 Å². The first-order valence-electron chi connectivity index (χ1n) is 7.68. The number of rotatable bonds is 6. The van der Waals surface area contributed by atoms with E-state index in [1.807, 2.05) is 30.5 Å². The first-order valence-corrected chi connectivity index (χ1v) is 8.56. The summed E-state index contributed by atoms with van der Waals surface area (Å²) in [5, 5.41) is 10.7. The molecule has 0 bridgehead atoms. The topological polar surface area (TPSA) is 38.1 Å². The third-order valence-electron chi connectivity index (χ3n) is 3.70. The molecule has 1 N–H and O–H groups in total. The summed E-state index contributed by atoms with van der Waals surface area (Å²) < 4.78 is 2.12. The Morgan fingerprint density at radius 2 is 1.70 bits per heavy atom. The van der Waals surface area contributed by atoms with Crippen LogP contribution in [0.25, 0.3) is 0 Å². The second-order valence-electron chi connectivity index (χ2n) is 5.46. The largest absolute Gasteiger partial charge is 0.390 e. The number of thioether (sulfide) groups is 1. The van der Waals surface area contributed by atoms with Crippen LogP contribution in [0.15, 0.2) is 72.0 Å². The number of aliphatic hydroxyl groups is 1. The van der Waals surface area contributed by atoms with Crippen LogP contribution in [0, 0.1) is 0 Å². The third-order valence-corrected chi connectivity index (χ3v) is 4.86. The van der Waals surface area contributed by atoms with Crippen molar-refractivity contribution in [1.82, 2.24) is 9.55 Å². The monoisotopic (exact) mass is 324 g/mol. The van der Waals surface area contributed by atoms with Crippen molar-refractivity contribution in [2.45, 2.75) is 30.5 Å². The first kappa shape index (κ1) is 15.8. The number of imidazole rings is 1. The molecule has 0 radical (unpaired) electrons. The lowest BCUT2D eigenvalue weighted by atomic mass is 10.2. The van der Waals surface area contributed by atoms with Crippen LogP contribution in [0.2, 0.25) is 0 Å². The second-order valence-corrected chi connectivity index (χ2v) is 6.77. The highest BCUT2D eigenvalue weighted by molar-refractivity contribution is 7.99. The average Bonchev–Trinajstić information content (AvgIpc) is 2.98. The van der Waals surface area contributed by atoms with Gasteiger partial charge >= 0.3 is 0 Å². The third kappa shape index (κ3) is 4.03. The predicted molar refractivity (Wildman–Crippen MR) is 94.4 cm³/mol. The molecule has 0 amide bonds. The van der Waals surface area contributed by atoms with E-state index in [2.05, 4.69) is 52.9 Å². The molecular formula is C19H20N2OS. The Balaban J connectivity index is 1.82. The van der Waals surface area contributed by atoms with Crippen LogP contribution in [-0.4, -0.2) is 14.7 Å². The average molecular weight is 324 g/mol. The first-order chi connectivity index (χ1) is 11.3. The molecular weight excluding hydrogens is 304 g/mol.